The molecular weight excluding hydrogens is 246 g/mol. The van der Waals surface area contributed by atoms with Gasteiger partial charge in [0.05, 0.1) is 0 Å². The van der Waals surface area contributed by atoms with Gasteiger partial charge in [-0.15, -0.1) is 0 Å². The predicted molar refractivity (Wildman–Crippen MR) is 74.0 cm³/mol. The van der Waals surface area contributed by atoms with E-state index in [2.05, 4.69) is 11.1 Å². The first-order chi connectivity index (χ1) is 8.81. The van der Waals surface area contributed by atoms with Gasteiger partial charge in [-0.25, -0.2) is 0 Å². The summed E-state index contributed by atoms with van der Waals surface area (Å²) >= 11 is 6.01. The number of hydrogen-bond acceptors (Lipinski definition) is 2. The van der Waals surface area contributed by atoms with Crippen LogP contribution in [-0.4, -0.2) is 4.98 Å². The van der Waals surface area contributed by atoms with Gasteiger partial charge in [0.2, 0.25) is 0 Å². The van der Waals surface area contributed by atoms with Crippen molar-refractivity contribution >= 4 is 44.3 Å². The lowest BCUT2D eigenvalue weighted by Crippen LogP contribution is -1.74. The Morgan fingerprint density at radius 3 is 2.78 bits per heavy atom. The Labute approximate surface area is 108 Å². The van der Waals surface area contributed by atoms with Gasteiger partial charge in [-0.3, -0.25) is 4.98 Å². The first-order valence-corrected chi connectivity index (χ1v) is 6.05. The van der Waals surface area contributed by atoms with Crippen molar-refractivity contribution in [3.8, 4) is 0 Å². The summed E-state index contributed by atoms with van der Waals surface area (Å²) in [4.78, 5) is 4.15. The van der Waals surface area contributed by atoms with Crippen molar-refractivity contribution in [2.75, 3.05) is 0 Å². The average Bonchev–Trinajstić information content (AvgIpc) is 2.73. The number of aromatic nitrogens is 1. The van der Waals surface area contributed by atoms with Crippen LogP contribution in [-0.2, 0) is 0 Å². The van der Waals surface area contributed by atoms with Gasteiger partial charge < -0.3 is 4.42 Å². The van der Waals surface area contributed by atoms with Gasteiger partial charge in [-0.2, -0.15) is 0 Å². The second-order valence-electron chi connectivity index (χ2n) is 4.31. The molecule has 18 heavy (non-hydrogen) atoms. The molecule has 0 saturated heterocycles. The van der Waals surface area contributed by atoms with E-state index in [4.69, 9.17) is 16.0 Å². The van der Waals surface area contributed by atoms with Crippen LogP contribution in [0.2, 0.25) is 5.02 Å². The van der Waals surface area contributed by atoms with Crippen LogP contribution in [0.5, 0.6) is 0 Å². The standard InChI is InChI=1S/C15H8ClNO/c16-11-2-1-9-6-12-13-8-17-4-3-14(13)18-15(12)7-10(9)5-11/h1-8H. The van der Waals surface area contributed by atoms with Crippen LogP contribution in [0.25, 0.3) is 32.7 Å². The molecule has 2 heterocycles. The Morgan fingerprint density at radius 1 is 0.889 bits per heavy atom. The Hall–Kier alpha value is -2.06. The van der Waals surface area contributed by atoms with Crippen molar-refractivity contribution in [1.82, 2.24) is 4.98 Å². The third kappa shape index (κ3) is 1.33. The van der Waals surface area contributed by atoms with Gasteiger partial charge in [0.25, 0.3) is 0 Å². The number of hydrogen-bond donors (Lipinski definition) is 0. The zero-order valence-electron chi connectivity index (χ0n) is 9.35. The van der Waals surface area contributed by atoms with E-state index in [1.54, 1.807) is 6.20 Å². The number of benzene rings is 2. The summed E-state index contributed by atoms with van der Waals surface area (Å²) in [7, 11) is 0. The van der Waals surface area contributed by atoms with Gasteiger partial charge in [-0.05, 0) is 41.1 Å². The van der Waals surface area contributed by atoms with Gasteiger partial charge >= 0.3 is 0 Å². The smallest absolute Gasteiger partial charge is 0.138 e. The van der Waals surface area contributed by atoms with Crippen molar-refractivity contribution in [2.45, 2.75) is 0 Å². The third-order valence-electron chi connectivity index (χ3n) is 3.19. The molecule has 2 aromatic carbocycles. The summed E-state index contributed by atoms with van der Waals surface area (Å²) in [6, 6.07) is 11.9. The maximum absolute atomic E-state index is 6.01. The van der Waals surface area contributed by atoms with Gasteiger partial charge in [0.1, 0.15) is 11.2 Å². The first kappa shape index (κ1) is 9.92. The fraction of sp³-hybridized carbons (Fsp3) is 0. The lowest BCUT2D eigenvalue weighted by molar-refractivity contribution is 0.669. The van der Waals surface area contributed by atoms with E-state index in [9.17, 15) is 0 Å². The maximum atomic E-state index is 6.01. The molecule has 0 bridgehead atoms. The number of nitrogens with zero attached hydrogens (tertiary/aromatic N) is 1. The topological polar surface area (TPSA) is 26.0 Å². The van der Waals surface area contributed by atoms with Crippen LogP contribution >= 0.6 is 11.6 Å². The maximum Gasteiger partial charge on any atom is 0.138 e. The highest BCUT2D eigenvalue weighted by molar-refractivity contribution is 6.31. The summed E-state index contributed by atoms with van der Waals surface area (Å²) < 4.78 is 5.82. The largest absolute Gasteiger partial charge is 0.456 e. The van der Waals surface area contributed by atoms with Crippen molar-refractivity contribution in [3.05, 3.63) is 53.8 Å². The number of furan rings is 1. The van der Waals surface area contributed by atoms with E-state index in [0.717, 1.165) is 37.7 Å². The molecule has 3 heteroatoms. The monoisotopic (exact) mass is 253 g/mol. The molecule has 0 N–H and O–H groups in total. The molecule has 4 rings (SSSR count). The second kappa shape index (κ2) is 3.47. The normalized spacial score (nSPS) is 11.6. The van der Waals surface area contributed by atoms with Crippen molar-refractivity contribution in [3.63, 3.8) is 0 Å². The minimum atomic E-state index is 0.736. The van der Waals surface area contributed by atoms with E-state index in [1.807, 2.05) is 36.5 Å². The van der Waals surface area contributed by atoms with Crippen LogP contribution in [0.15, 0.2) is 53.2 Å². The molecule has 0 spiro atoms. The van der Waals surface area contributed by atoms with Crippen LogP contribution < -0.4 is 0 Å². The minimum absolute atomic E-state index is 0.736. The zero-order chi connectivity index (χ0) is 12.1. The molecule has 0 aliphatic heterocycles. The summed E-state index contributed by atoms with van der Waals surface area (Å²) in [5, 5.41) is 5.11. The van der Waals surface area contributed by atoms with Crippen molar-refractivity contribution in [1.29, 1.82) is 0 Å². The first-order valence-electron chi connectivity index (χ1n) is 5.67. The van der Waals surface area contributed by atoms with Crippen LogP contribution in [0.1, 0.15) is 0 Å². The average molecular weight is 254 g/mol. The summed E-state index contributed by atoms with van der Waals surface area (Å²) in [5.74, 6) is 0. The number of halogens is 1. The molecule has 0 atom stereocenters. The van der Waals surface area contributed by atoms with E-state index < -0.39 is 0 Å². The van der Waals surface area contributed by atoms with Crippen LogP contribution in [0.4, 0.5) is 0 Å². The molecule has 0 fully saturated rings. The van der Waals surface area contributed by atoms with E-state index in [0.29, 0.717) is 0 Å². The minimum Gasteiger partial charge on any atom is -0.456 e. The molecule has 0 unspecified atom stereocenters. The van der Waals surface area contributed by atoms with Crippen LogP contribution in [0.3, 0.4) is 0 Å². The molecule has 0 saturated carbocycles. The Bertz CT molecular complexity index is 895. The molecule has 2 aromatic heterocycles. The van der Waals surface area contributed by atoms with Crippen LogP contribution in [0, 0.1) is 0 Å². The predicted octanol–water partition coefficient (Wildman–Crippen LogP) is 4.79. The molecule has 0 amide bonds. The summed E-state index contributed by atoms with van der Waals surface area (Å²) in [5.41, 5.74) is 1.73. The lowest BCUT2D eigenvalue weighted by atomic mass is 10.1. The van der Waals surface area contributed by atoms with Gasteiger partial charge in [0.15, 0.2) is 0 Å². The SMILES string of the molecule is Clc1ccc2cc3c(cc2c1)oc1ccncc13. The summed E-state index contributed by atoms with van der Waals surface area (Å²) in [6.45, 7) is 0. The molecule has 2 nitrogen and oxygen atoms in total. The molecule has 86 valence electrons. The Balaban J connectivity index is 2.23. The fourth-order valence-electron chi connectivity index (χ4n) is 2.33. The molecule has 0 aliphatic carbocycles. The van der Waals surface area contributed by atoms with E-state index in [-0.39, 0.29) is 0 Å². The molecule has 4 aromatic rings. The fourth-order valence-corrected chi connectivity index (χ4v) is 2.51. The zero-order valence-corrected chi connectivity index (χ0v) is 10.1. The third-order valence-corrected chi connectivity index (χ3v) is 3.43. The quantitative estimate of drug-likeness (QED) is 0.450. The van der Waals surface area contributed by atoms with E-state index >= 15 is 0 Å². The molecule has 0 radical (unpaired) electrons. The molecule has 0 aliphatic rings. The number of rotatable bonds is 0. The highest BCUT2D eigenvalue weighted by Gasteiger charge is 2.08. The number of pyridine rings is 1. The number of fused-ring (bicyclic) bond motifs is 4. The lowest BCUT2D eigenvalue weighted by Gasteiger charge is -1.98. The van der Waals surface area contributed by atoms with Crippen molar-refractivity contribution < 1.29 is 4.42 Å². The van der Waals surface area contributed by atoms with Gasteiger partial charge in [-0.1, -0.05) is 17.7 Å². The second-order valence-corrected chi connectivity index (χ2v) is 4.75. The Morgan fingerprint density at radius 2 is 1.83 bits per heavy atom. The van der Waals surface area contributed by atoms with Crippen molar-refractivity contribution in [2.24, 2.45) is 0 Å². The molecular formula is C15H8ClNO. The highest BCUT2D eigenvalue weighted by Crippen LogP contribution is 2.32. The Kier molecular flexibility index (Phi) is 1.91. The highest BCUT2D eigenvalue weighted by atomic mass is 35.5. The van der Waals surface area contributed by atoms with E-state index in [1.165, 1.54) is 0 Å². The van der Waals surface area contributed by atoms with Gasteiger partial charge in [0, 0.05) is 28.2 Å². The summed E-state index contributed by atoms with van der Waals surface area (Å²) in [6.07, 6.45) is 3.57.